The number of nitrogens with one attached hydrogen (secondary N) is 1. The van der Waals surface area contributed by atoms with Gasteiger partial charge in [0.15, 0.2) is 0 Å². The maximum Gasteiger partial charge on any atom is 0.329 e. The summed E-state index contributed by atoms with van der Waals surface area (Å²) in [4.78, 5) is 23.3. The zero-order valence-electron chi connectivity index (χ0n) is 15.5. The first-order chi connectivity index (χ1) is 11.8. The number of carbonyl (C=O) groups is 2. The molecule has 1 aliphatic heterocycles. The van der Waals surface area contributed by atoms with Crippen molar-refractivity contribution in [3.63, 3.8) is 0 Å². The number of carboxylic acid groups (broad SMARTS) is 1. The van der Waals surface area contributed by atoms with Crippen LogP contribution in [0, 0.1) is 28.6 Å². The average Bonchev–Trinajstić information content (AvgIpc) is 2.96. The van der Waals surface area contributed by atoms with E-state index >= 15 is 0 Å². The van der Waals surface area contributed by atoms with Crippen LogP contribution in [0.1, 0.15) is 71.6 Å². The molecule has 4 fully saturated rings. The summed E-state index contributed by atoms with van der Waals surface area (Å²) < 4.78 is 5.96. The van der Waals surface area contributed by atoms with Gasteiger partial charge in [-0.3, -0.25) is 4.79 Å². The molecule has 1 heterocycles. The monoisotopic (exact) mass is 349 g/mol. The zero-order chi connectivity index (χ0) is 17.9. The summed E-state index contributed by atoms with van der Waals surface area (Å²) >= 11 is 0. The van der Waals surface area contributed by atoms with Crippen LogP contribution < -0.4 is 5.32 Å². The van der Waals surface area contributed by atoms with Gasteiger partial charge in [0.25, 0.3) is 0 Å². The van der Waals surface area contributed by atoms with Gasteiger partial charge in [0.2, 0.25) is 5.91 Å². The van der Waals surface area contributed by atoms with E-state index in [0.717, 1.165) is 25.2 Å². The van der Waals surface area contributed by atoms with Crippen LogP contribution in [0.15, 0.2) is 0 Å². The Labute approximate surface area is 149 Å². The molecule has 0 aromatic rings. The van der Waals surface area contributed by atoms with Crippen molar-refractivity contribution >= 4 is 11.9 Å². The molecule has 1 saturated heterocycles. The molecule has 140 valence electrons. The summed E-state index contributed by atoms with van der Waals surface area (Å²) in [6.45, 7) is 4.39. The lowest BCUT2D eigenvalue weighted by molar-refractivity contribution is -0.238. The molecule has 6 atom stereocenters. The zero-order valence-corrected chi connectivity index (χ0v) is 15.5. The lowest BCUT2D eigenvalue weighted by atomic mass is 9.46. The quantitative estimate of drug-likeness (QED) is 0.819. The molecule has 4 rings (SSSR count). The maximum absolute atomic E-state index is 12.2. The van der Waals surface area contributed by atoms with E-state index in [1.54, 1.807) is 0 Å². The number of carbonyl (C=O) groups excluding carboxylic acids is 1. The second-order valence-electron chi connectivity index (χ2n) is 9.48. The van der Waals surface area contributed by atoms with E-state index in [-0.39, 0.29) is 17.9 Å². The van der Waals surface area contributed by atoms with Crippen molar-refractivity contribution in [3.05, 3.63) is 0 Å². The molecule has 3 unspecified atom stereocenters. The molecule has 0 radical (unpaired) electrons. The number of rotatable bonds is 3. The van der Waals surface area contributed by atoms with Gasteiger partial charge in [-0.05, 0) is 68.1 Å². The molecule has 1 amide bonds. The van der Waals surface area contributed by atoms with Crippen LogP contribution in [0.3, 0.4) is 0 Å². The normalized spacial score (nSPS) is 48.9. The molecule has 3 saturated carbocycles. The Bertz CT molecular complexity index is 592. The van der Waals surface area contributed by atoms with Gasteiger partial charge in [-0.25, -0.2) is 4.79 Å². The molecule has 5 heteroatoms. The Balaban J connectivity index is 1.67. The SMILES string of the molecule is C[C@@]12CCCC1C1CC[C@@]3(OCC(=O)O)NC(=O)CC[C@]3(C)C1CC2. The first kappa shape index (κ1) is 17.3. The Morgan fingerprint density at radius 2 is 1.96 bits per heavy atom. The lowest BCUT2D eigenvalue weighted by Crippen LogP contribution is -2.70. The highest BCUT2D eigenvalue weighted by Crippen LogP contribution is 2.66. The average molecular weight is 349 g/mol. The topological polar surface area (TPSA) is 75.6 Å². The Morgan fingerprint density at radius 1 is 1.16 bits per heavy atom. The first-order valence-corrected chi connectivity index (χ1v) is 9.96. The summed E-state index contributed by atoms with van der Waals surface area (Å²) in [7, 11) is 0. The Morgan fingerprint density at radius 3 is 2.72 bits per heavy atom. The fourth-order valence-corrected chi connectivity index (χ4v) is 7.14. The van der Waals surface area contributed by atoms with Crippen molar-refractivity contribution < 1.29 is 19.4 Å². The van der Waals surface area contributed by atoms with Gasteiger partial charge in [-0.2, -0.15) is 0 Å². The summed E-state index contributed by atoms with van der Waals surface area (Å²) in [6.07, 6.45) is 9.61. The van der Waals surface area contributed by atoms with Crippen LogP contribution >= 0.6 is 0 Å². The Hall–Kier alpha value is -1.10. The number of carboxylic acids is 1. The van der Waals surface area contributed by atoms with E-state index in [0.29, 0.717) is 23.7 Å². The highest BCUT2D eigenvalue weighted by molar-refractivity contribution is 5.78. The number of hydrogen-bond acceptors (Lipinski definition) is 3. The molecule has 25 heavy (non-hydrogen) atoms. The van der Waals surface area contributed by atoms with Crippen molar-refractivity contribution in [1.29, 1.82) is 0 Å². The largest absolute Gasteiger partial charge is 0.480 e. The van der Waals surface area contributed by atoms with Crippen molar-refractivity contribution in [2.45, 2.75) is 77.4 Å². The van der Waals surface area contributed by atoms with Crippen LogP contribution in [0.5, 0.6) is 0 Å². The standard InChI is InChI=1S/C20H31NO4/c1-18-8-3-4-14(18)13-5-11-20(25-12-17(23)24)19(2,15(13)6-9-18)10-7-16(22)21-20/h13-15H,3-12H2,1-2H3,(H,21,22)(H,23,24)/t13?,14?,15?,18-,19+,20-/m0/s1. The van der Waals surface area contributed by atoms with Crippen molar-refractivity contribution in [3.8, 4) is 0 Å². The van der Waals surface area contributed by atoms with Gasteiger partial charge in [-0.15, -0.1) is 0 Å². The van der Waals surface area contributed by atoms with E-state index in [1.807, 2.05) is 0 Å². The van der Waals surface area contributed by atoms with Crippen molar-refractivity contribution in [1.82, 2.24) is 5.32 Å². The Kier molecular flexibility index (Phi) is 3.95. The molecule has 2 N–H and O–H groups in total. The van der Waals surface area contributed by atoms with Gasteiger partial charge >= 0.3 is 5.97 Å². The van der Waals surface area contributed by atoms with Gasteiger partial charge < -0.3 is 15.2 Å². The molecular weight excluding hydrogens is 318 g/mol. The third-order valence-corrected chi connectivity index (χ3v) is 8.44. The second-order valence-corrected chi connectivity index (χ2v) is 9.48. The van der Waals surface area contributed by atoms with Gasteiger partial charge in [0.1, 0.15) is 12.3 Å². The van der Waals surface area contributed by atoms with Crippen molar-refractivity contribution in [2.75, 3.05) is 6.61 Å². The molecule has 0 aromatic heterocycles. The minimum Gasteiger partial charge on any atom is -0.480 e. The summed E-state index contributed by atoms with van der Waals surface area (Å²) in [5.74, 6) is 1.04. The number of amides is 1. The van der Waals surface area contributed by atoms with E-state index in [1.165, 1.54) is 32.1 Å². The van der Waals surface area contributed by atoms with Gasteiger partial charge in [0, 0.05) is 11.8 Å². The van der Waals surface area contributed by atoms with Crippen LogP contribution in [-0.4, -0.2) is 29.3 Å². The van der Waals surface area contributed by atoms with Crippen LogP contribution in [-0.2, 0) is 14.3 Å². The summed E-state index contributed by atoms with van der Waals surface area (Å²) in [5.41, 5.74) is -0.463. The van der Waals surface area contributed by atoms with E-state index < -0.39 is 11.7 Å². The van der Waals surface area contributed by atoms with Crippen LogP contribution in [0.2, 0.25) is 0 Å². The fraction of sp³-hybridized carbons (Fsp3) is 0.900. The lowest BCUT2D eigenvalue weighted by Gasteiger charge is -2.63. The fourth-order valence-electron chi connectivity index (χ4n) is 7.14. The number of aliphatic carboxylic acids is 1. The smallest absolute Gasteiger partial charge is 0.329 e. The van der Waals surface area contributed by atoms with Crippen molar-refractivity contribution in [2.24, 2.45) is 28.6 Å². The van der Waals surface area contributed by atoms with Crippen LogP contribution in [0.4, 0.5) is 0 Å². The molecule has 4 aliphatic rings. The molecule has 3 aliphatic carbocycles. The second kappa shape index (κ2) is 5.70. The third-order valence-electron chi connectivity index (χ3n) is 8.44. The molecule has 5 nitrogen and oxygen atoms in total. The predicted octanol–water partition coefficient (Wildman–Crippen LogP) is 3.33. The van der Waals surface area contributed by atoms with E-state index in [2.05, 4.69) is 19.2 Å². The minimum atomic E-state index is -0.967. The number of fused-ring (bicyclic) bond motifs is 5. The number of ether oxygens (including phenoxy) is 1. The van der Waals surface area contributed by atoms with Gasteiger partial charge in [-0.1, -0.05) is 20.3 Å². The first-order valence-electron chi connectivity index (χ1n) is 9.96. The third kappa shape index (κ3) is 2.45. The number of hydrogen-bond donors (Lipinski definition) is 2. The molecule has 0 spiro atoms. The van der Waals surface area contributed by atoms with E-state index in [9.17, 15) is 9.59 Å². The van der Waals surface area contributed by atoms with E-state index in [4.69, 9.17) is 9.84 Å². The number of piperidine rings is 1. The molecular formula is C20H31NO4. The molecule has 0 bridgehead atoms. The maximum atomic E-state index is 12.2. The highest BCUT2D eigenvalue weighted by atomic mass is 16.5. The van der Waals surface area contributed by atoms with Gasteiger partial charge in [0.05, 0.1) is 0 Å². The molecule has 0 aromatic carbocycles. The summed E-state index contributed by atoms with van der Waals surface area (Å²) in [5, 5.41) is 12.2. The highest BCUT2D eigenvalue weighted by Gasteiger charge is 2.64. The summed E-state index contributed by atoms with van der Waals surface area (Å²) in [6, 6.07) is 0. The minimum absolute atomic E-state index is 0.00262. The predicted molar refractivity (Wildman–Crippen MR) is 92.7 cm³/mol. The van der Waals surface area contributed by atoms with Crippen LogP contribution in [0.25, 0.3) is 0 Å².